The van der Waals surface area contributed by atoms with Crippen molar-refractivity contribution in [3.63, 3.8) is 0 Å². The SMILES string of the molecule is O=C(NCC(c1cccs1)N1CCCC1)C1=NOC(c2ccccc2)C1. The van der Waals surface area contributed by atoms with Crippen LogP contribution in [-0.2, 0) is 9.63 Å². The van der Waals surface area contributed by atoms with E-state index in [0.29, 0.717) is 18.7 Å². The first-order chi connectivity index (χ1) is 12.8. The zero-order chi connectivity index (χ0) is 17.8. The van der Waals surface area contributed by atoms with Crippen LogP contribution in [0.25, 0.3) is 0 Å². The molecule has 2 unspecified atom stereocenters. The number of nitrogens with zero attached hydrogens (tertiary/aromatic N) is 2. The van der Waals surface area contributed by atoms with Crippen LogP contribution < -0.4 is 5.32 Å². The van der Waals surface area contributed by atoms with Crippen molar-refractivity contribution in [1.82, 2.24) is 10.2 Å². The molecule has 2 aromatic rings. The Kier molecular flexibility index (Phi) is 5.32. The minimum absolute atomic E-state index is 0.121. The Balaban J connectivity index is 1.35. The molecule has 1 saturated heterocycles. The number of likely N-dealkylation sites (tertiary alicyclic amines) is 1. The largest absolute Gasteiger partial charge is 0.387 e. The number of oxime groups is 1. The molecule has 1 aromatic carbocycles. The molecule has 6 heteroatoms. The van der Waals surface area contributed by atoms with E-state index in [2.05, 4.69) is 32.9 Å². The summed E-state index contributed by atoms with van der Waals surface area (Å²) in [6.07, 6.45) is 2.82. The van der Waals surface area contributed by atoms with E-state index in [1.807, 2.05) is 30.3 Å². The third kappa shape index (κ3) is 3.81. The summed E-state index contributed by atoms with van der Waals surface area (Å²) in [6, 6.07) is 14.4. The zero-order valence-electron chi connectivity index (χ0n) is 14.6. The molecule has 0 saturated carbocycles. The number of nitrogens with one attached hydrogen (secondary N) is 1. The van der Waals surface area contributed by atoms with E-state index in [0.717, 1.165) is 18.7 Å². The predicted octanol–water partition coefficient (Wildman–Crippen LogP) is 3.52. The summed E-state index contributed by atoms with van der Waals surface area (Å²) in [4.78, 5) is 21.8. The van der Waals surface area contributed by atoms with Gasteiger partial charge in [-0.25, -0.2) is 0 Å². The molecular formula is C20H23N3O2S. The molecule has 1 amide bonds. The monoisotopic (exact) mass is 369 g/mol. The molecule has 0 spiro atoms. The first-order valence-corrected chi connectivity index (χ1v) is 10.0. The zero-order valence-corrected chi connectivity index (χ0v) is 15.5. The summed E-state index contributed by atoms with van der Waals surface area (Å²) in [5.74, 6) is -0.121. The fourth-order valence-corrected chi connectivity index (χ4v) is 4.45. The molecule has 4 rings (SSSR count). The van der Waals surface area contributed by atoms with Crippen LogP contribution in [0.4, 0.5) is 0 Å². The standard InChI is InChI=1S/C20H23N3O2S/c24-20(16-13-18(25-22-16)15-7-2-1-3-8-15)21-14-17(19-9-6-12-26-19)23-10-4-5-11-23/h1-3,6-9,12,17-18H,4-5,10-11,13-14H2,(H,21,24). The Bertz CT molecular complexity index is 755. The summed E-state index contributed by atoms with van der Waals surface area (Å²) in [7, 11) is 0. The topological polar surface area (TPSA) is 53.9 Å². The number of rotatable bonds is 6. The average molecular weight is 369 g/mol. The minimum atomic E-state index is -0.163. The van der Waals surface area contributed by atoms with Gasteiger partial charge in [-0.05, 0) is 42.9 Å². The van der Waals surface area contributed by atoms with Crippen molar-refractivity contribution < 1.29 is 9.63 Å². The highest BCUT2D eigenvalue weighted by molar-refractivity contribution is 7.10. The lowest BCUT2D eigenvalue weighted by Crippen LogP contribution is -2.39. The van der Waals surface area contributed by atoms with Crippen molar-refractivity contribution in [2.75, 3.05) is 19.6 Å². The maximum absolute atomic E-state index is 12.6. The van der Waals surface area contributed by atoms with Crippen LogP contribution in [-0.4, -0.2) is 36.2 Å². The molecule has 5 nitrogen and oxygen atoms in total. The Morgan fingerprint density at radius 1 is 1.23 bits per heavy atom. The molecule has 2 atom stereocenters. The van der Waals surface area contributed by atoms with Crippen molar-refractivity contribution in [2.45, 2.75) is 31.4 Å². The Hall–Kier alpha value is -2.18. The van der Waals surface area contributed by atoms with E-state index in [4.69, 9.17) is 4.84 Å². The maximum atomic E-state index is 12.6. The number of thiophene rings is 1. The maximum Gasteiger partial charge on any atom is 0.269 e. The van der Waals surface area contributed by atoms with Gasteiger partial charge in [0, 0.05) is 17.8 Å². The highest BCUT2D eigenvalue weighted by Gasteiger charge is 2.29. The number of carbonyl (C=O) groups excluding carboxylic acids is 1. The van der Waals surface area contributed by atoms with Gasteiger partial charge in [0.05, 0.1) is 6.04 Å². The van der Waals surface area contributed by atoms with Crippen LogP contribution in [0.2, 0.25) is 0 Å². The van der Waals surface area contributed by atoms with Gasteiger partial charge in [-0.3, -0.25) is 9.69 Å². The molecule has 2 aliphatic heterocycles. The lowest BCUT2D eigenvalue weighted by atomic mass is 10.0. The molecule has 3 heterocycles. The van der Waals surface area contributed by atoms with E-state index in [1.54, 1.807) is 11.3 Å². The van der Waals surface area contributed by atoms with Crippen LogP contribution in [0.5, 0.6) is 0 Å². The second kappa shape index (κ2) is 8.01. The molecule has 1 aromatic heterocycles. The van der Waals surface area contributed by atoms with Gasteiger partial charge in [-0.1, -0.05) is 41.6 Å². The van der Waals surface area contributed by atoms with Gasteiger partial charge in [0.2, 0.25) is 0 Å². The average Bonchev–Trinajstić information content (AvgIpc) is 3.44. The van der Waals surface area contributed by atoms with Crippen molar-refractivity contribution in [1.29, 1.82) is 0 Å². The van der Waals surface area contributed by atoms with Gasteiger partial charge in [0.1, 0.15) is 5.71 Å². The number of amides is 1. The predicted molar refractivity (Wildman–Crippen MR) is 103 cm³/mol. The lowest BCUT2D eigenvalue weighted by molar-refractivity contribution is -0.115. The third-order valence-electron chi connectivity index (χ3n) is 5.01. The summed E-state index contributed by atoms with van der Waals surface area (Å²) < 4.78 is 0. The van der Waals surface area contributed by atoms with Crippen LogP contribution in [0.3, 0.4) is 0 Å². The Labute approximate surface area is 157 Å². The van der Waals surface area contributed by atoms with Gasteiger partial charge in [-0.2, -0.15) is 0 Å². The van der Waals surface area contributed by atoms with E-state index in [-0.39, 0.29) is 18.1 Å². The molecule has 1 N–H and O–H groups in total. The van der Waals surface area contributed by atoms with Gasteiger partial charge >= 0.3 is 0 Å². The molecule has 26 heavy (non-hydrogen) atoms. The van der Waals surface area contributed by atoms with Crippen LogP contribution in [0, 0.1) is 0 Å². The van der Waals surface area contributed by atoms with Crippen molar-refractivity contribution in [3.8, 4) is 0 Å². The van der Waals surface area contributed by atoms with Crippen LogP contribution in [0.1, 0.15) is 41.8 Å². The van der Waals surface area contributed by atoms with Crippen molar-refractivity contribution in [3.05, 3.63) is 58.3 Å². The molecule has 0 bridgehead atoms. The molecule has 2 aliphatic rings. The first-order valence-electron chi connectivity index (χ1n) is 9.14. The van der Waals surface area contributed by atoms with Gasteiger partial charge in [0.25, 0.3) is 5.91 Å². The van der Waals surface area contributed by atoms with Gasteiger partial charge in [0.15, 0.2) is 6.10 Å². The fraction of sp³-hybridized carbons (Fsp3) is 0.400. The number of benzene rings is 1. The smallest absolute Gasteiger partial charge is 0.269 e. The van der Waals surface area contributed by atoms with E-state index in [9.17, 15) is 4.79 Å². The van der Waals surface area contributed by atoms with E-state index >= 15 is 0 Å². The summed E-state index contributed by atoms with van der Waals surface area (Å²) in [6.45, 7) is 2.80. The number of hydrogen-bond acceptors (Lipinski definition) is 5. The molecule has 136 valence electrons. The highest BCUT2D eigenvalue weighted by atomic mass is 32.1. The number of hydrogen-bond donors (Lipinski definition) is 1. The number of carbonyl (C=O) groups is 1. The van der Waals surface area contributed by atoms with E-state index < -0.39 is 0 Å². The van der Waals surface area contributed by atoms with Crippen molar-refractivity contribution >= 4 is 23.0 Å². The van der Waals surface area contributed by atoms with Crippen LogP contribution in [0.15, 0.2) is 53.0 Å². The summed E-state index contributed by atoms with van der Waals surface area (Å²) >= 11 is 1.75. The molecule has 0 aliphatic carbocycles. The second-order valence-corrected chi connectivity index (χ2v) is 7.71. The summed E-state index contributed by atoms with van der Waals surface area (Å²) in [5, 5.41) is 9.20. The Morgan fingerprint density at radius 3 is 2.77 bits per heavy atom. The second-order valence-electron chi connectivity index (χ2n) is 6.73. The Morgan fingerprint density at radius 2 is 2.04 bits per heavy atom. The first kappa shape index (κ1) is 17.2. The van der Waals surface area contributed by atoms with Crippen LogP contribution >= 0.6 is 11.3 Å². The minimum Gasteiger partial charge on any atom is -0.387 e. The lowest BCUT2D eigenvalue weighted by Gasteiger charge is -2.26. The quantitative estimate of drug-likeness (QED) is 0.848. The van der Waals surface area contributed by atoms with E-state index in [1.165, 1.54) is 17.7 Å². The third-order valence-corrected chi connectivity index (χ3v) is 5.98. The van der Waals surface area contributed by atoms with Crippen molar-refractivity contribution in [2.24, 2.45) is 5.16 Å². The summed E-state index contributed by atoms with van der Waals surface area (Å²) in [5.41, 5.74) is 1.53. The van der Waals surface area contributed by atoms with Gasteiger partial charge in [-0.15, -0.1) is 11.3 Å². The molecule has 1 fully saturated rings. The highest BCUT2D eigenvalue weighted by Crippen LogP contribution is 2.29. The normalized spacial score (nSPS) is 21.2. The molecular weight excluding hydrogens is 346 g/mol. The fourth-order valence-electron chi connectivity index (χ4n) is 3.59. The molecule has 0 radical (unpaired) electrons. The van der Waals surface area contributed by atoms with Gasteiger partial charge < -0.3 is 10.2 Å².